The summed E-state index contributed by atoms with van der Waals surface area (Å²) in [5.41, 5.74) is 7.33. The Labute approximate surface area is 129 Å². The summed E-state index contributed by atoms with van der Waals surface area (Å²) in [6.45, 7) is 3.90. The molecular weight excluding hydrogens is 306 g/mol. The Kier molecular flexibility index (Phi) is 4.97. The lowest BCUT2D eigenvalue weighted by Crippen LogP contribution is -2.28. The molecular formula is C14H19N3O2S2. The van der Waals surface area contributed by atoms with Gasteiger partial charge in [0.25, 0.3) is 0 Å². The molecule has 0 aliphatic carbocycles. The van der Waals surface area contributed by atoms with E-state index in [4.69, 9.17) is 5.73 Å². The normalized spacial score (nSPS) is 13.2. The van der Waals surface area contributed by atoms with Gasteiger partial charge in [0.2, 0.25) is 10.0 Å². The van der Waals surface area contributed by atoms with E-state index in [0.29, 0.717) is 12.1 Å². The number of aromatic nitrogens is 1. The van der Waals surface area contributed by atoms with Crippen LogP contribution in [-0.4, -0.2) is 13.4 Å². The maximum absolute atomic E-state index is 12.5. The Morgan fingerprint density at radius 3 is 2.67 bits per heavy atom. The molecule has 1 aromatic carbocycles. The molecule has 1 aromatic heterocycles. The number of hydrogen-bond donors (Lipinski definition) is 2. The topological polar surface area (TPSA) is 85.1 Å². The highest BCUT2D eigenvalue weighted by atomic mass is 32.2. The van der Waals surface area contributed by atoms with Gasteiger partial charge in [-0.15, -0.1) is 11.3 Å². The van der Waals surface area contributed by atoms with E-state index < -0.39 is 10.0 Å². The van der Waals surface area contributed by atoms with Gasteiger partial charge in [-0.1, -0.05) is 19.9 Å². The molecule has 0 saturated carbocycles. The number of aryl methyl sites for hydroxylation is 1. The standard InChI is InChI=1S/C14H19N3O2S2/c1-3-10-5-6-11(9-12(10)15)21(18,19)17-13(4-2)14-16-7-8-20-14/h5-9,13,17H,3-4,15H2,1-2H3. The molecule has 0 fully saturated rings. The molecule has 21 heavy (non-hydrogen) atoms. The molecule has 1 atom stereocenters. The Bertz CT molecular complexity index is 697. The SMILES string of the molecule is CCc1ccc(S(=O)(=O)NC(CC)c2nccs2)cc1N. The lowest BCUT2D eigenvalue weighted by Gasteiger charge is -2.15. The second-order valence-corrected chi connectivity index (χ2v) is 7.31. The van der Waals surface area contributed by atoms with Crippen LogP contribution in [0, 0.1) is 0 Å². The van der Waals surface area contributed by atoms with Gasteiger partial charge in [-0.2, -0.15) is 0 Å². The van der Waals surface area contributed by atoms with Crippen molar-refractivity contribution in [3.8, 4) is 0 Å². The first-order valence-electron chi connectivity index (χ1n) is 6.78. The first-order valence-corrected chi connectivity index (χ1v) is 9.14. The number of nitrogens with two attached hydrogens (primary N) is 1. The van der Waals surface area contributed by atoms with Crippen molar-refractivity contribution in [2.24, 2.45) is 0 Å². The van der Waals surface area contributed by atoms with E-state index in [2.05, 4.69) is 9.71 Å². The highest BCUT2D eigenvalue weighted by Gasteiger charge is 2.22. The summed E-state index contributed by atoms with van der Waals surface area (Å²) in [5, 5.41) is 2.60. The van der Waals surface area contributed by atoms with Gasteiger partial charge in [-0.25, -0.2) is 18.1 Å². The highest BCUT2D eigenvalue weighted by molar-refractivity contribution is 7.89. The summed E-state index contributed by atoms with van der Waals surface area (Å²) in [7, 11) is -3.61. The van der Waals surface area contributed by atoms with Crippen molar-refractivity contribution >= 4 is 27.0 Å². The highest BCUT2D eigenvalue weighted by Crippen LogP contribution is 2.23. The van der Waals surface area contributed by atoms with Crippen LogP contribution in [0.25, 0.3) is 0 Å². The summed E-state index contributed by atoms with van der Waals surface area (Å²) in [4.78, 5) is 4.36. The van der Waals surface area contributed by atoms with Crippen molar-refractivity contribution < 1.29 is 8.42 Å². The molecule has 0 aliphatic rings. The van der Waals surface area contributed by atoms with Crippen molar-refractivity contribution in [3.63, 3.8) is 0 Å². The monoisotopic (exact) mass is 325 g/mol. The Balaban J connectivity index is 2.27. The smallest absolute Gasteiger partial charge is 0.241 e. The van der Waals surface area contributed by atoms with Crippen molar-refractivity contribution in [1.29, 1.82) is 0 Å². The first kappa shape index (κ1) is 15.9. The number of nitrogens with one attached hydrogen (secondary N) is 1. The van der Waals surface area contributed by atoms with Crippen LogP contribution in [0.15, 0.2) is 34.7 Å². The van der Waals surface area contributed by atoms with Crippen LogP contribution in [0.2, 0.25) is 0 Å². The predicted octanol–water partition coefficient (Wildman–Crippen LogP) is 2.72. The minimum atomic E-state index is -3.61. The third kappa shape index (κ3) is 3.61. The summed E-state index contributed by atoms with van der Waals surface area (Å²) < 4.78 is 27.6. The molecule has 0 aliphatic heterocycles. The minimum absolute atomic E-state index is 0.187. The summed E-state index contributed by atoms with van der Waals surface area (Å²) >= 11 is 1.44. The first-order chi connectivity index (χ1) is 9.97. The Morgan fingerprint density at radius 2 is 2.14 bits per heavy atom. The Morgan fingerprint density at radius 1 is 1.38 bits per heavy atom. The summed E-state index contributed by atoms with van der Waals surface area (Å²) in [5.74, 6) is 0. The van der Waals surface area contributed by atoms with E-state index in [1.807, 2.05) is 19.2 Å². The molecule has 114 valence electrons. The van der Waals surface area contributed by atoms with E-state index in [-0.39, 0.29) is 10.9 Å². The molecule has 5 nitrogen and oxygen atoms in total. The van der Waals surface area contributed by atoms with Crippen molar-refractivity contribution in [3.05, 3.63) is 40.3 Å². The van der Waals surface area contributed by atoms with Gasteiger partial charge in [0.15, 0.2) is 0 Å². The average molecular weight is 325 g/mol. The van der Waals surface area contributed by atoms with Crippen LogP contribution in [0.5, 0.6) is 0 Å². The molecule has 1 unspecified atom stereocenters. The third-order valence-electron chi connectivity index (χ3n) is 3.26. The molecule has 1 heterocycles. The zero-order valence-corrected chi connectivity index (χ0v) is 13.7. The number of thiazole rings is 1. The number of hydrogen-bond acceptors (Lipinski definition) is 5. The molecule has 0 spiro atoms. The number of anilines is 1. The summed E-state index contributed by atoms with van der Waals surface area (Å²) in [6.07, 6.45) is 3.08. The van der Waals surface area contributed by atoms with E-state index in [9.17, 15) is 8.42 Å². The zero-order valence-electron chi connectivity index (χ0n) is 12.0. The molecule has 0 bridgehead atoms. The molecule has 3 N–H and O–H groups in total. The fraction of sp³-hybridized carbons (Fsp3) is 0.357. The van der Waals surface area contributed by atoms with Crippen molar-refractivity contribution in [1.82, 2.24) is 9.71 Å². The molecule has 0 amide bonds. The average Bonchev–Trinajstić information content (AvgIpc) is 2.98. The molecule has 2 rings (SSSR count). The molecule has 0 saturated heterocycles. The van der Waals surface area contributed by atoms with Gasteiger partial charge in [-0.3, -0.25) is 0 Å². The lowest BCUT2D eigenvalue weighted by atomic mass is 10.1. The van der Waals surface area contributed by atoms with Crippen LogP contribution in [0.4, 0.5) is 5.69 Å². The van der Waals surface area contributed by atoms with Crippen LogP contribution in [0.1, 0.15) is 36.9 Å². The maximum Gasteiger partial charge on any atom is 0.241 e. The minimum Gasteiger partial charge on any atom is -0.398 e. The number of rotatable bonds is 6. The quantitative estimate of drug-likeness (QED) is 0.800. The van der Waals surface area contributed by atoms with Crippen LogP contribution in [-0.2, 0) is 16.4 Å². The fourth-order valence-corrected chi connectivity index (χ4v) is 4.20. The van der Waals surface area contributed by atoms with Crippen LogP contribution in [0.3, 0.4) is 0 Å². The second kappa shape index (κ2) is 6.55. The van der Waals surface area contributed by atoms with Gasteiger partial charge in [-0.05, 0) is 30.5 Å². The molecule has 0 radical (unpaired) electrons. The largest absolute Gasteiger partial charge is 0.398 e. The predicted molar refractivity (Wildman–Crippen MR) is 85.7 cm³/mol. The molecule has 7 heteroatoms. The zero-order chi connectivity index (χ0) is 15.5. The van der Waals surface area contributed by atoms with Gasteiger partial charge in [0.1, 0.15) is 5.01 Å². The van der Waals surface area contributed by atoms with Gasteiger partial charge in [0.05, 0.1) is 10.9 Å². The number of sulfonamides is 1. The van der Waals surface area contributed by atoms with Gasteiger partial charge < -0.3 is 5.73 Å². The molecule has 2 aromatic rings. The third-order valence-corrected chi connectivity index (χ3v) is 5.62. The van der Waals surface area contributed by atoms with Crippen LogP contribution < -0.4 is 10.5 Å². The fourth-order valence-electron chi connectivity index (χ4n) is 2.03. The lowest BCUT2D eigenvalue weighted by molar-refractivity contribution is 0.549. The second-order valence-electron chi connectivity index (χ2n) is 4.67. The number of nitrogen functional groups attached to an aromatic ring is 1. The van der Waals surface area contributed by atoms with Gasteiger partial charge in [0, 0.05) is 17.3 Å². The van der Waals surface area contributed by atoms with E-state index in [0.717, 1.165) is 17.0 Å². The van der Waals surface area contributed by atoms with Crippen LogP contribution >= 0.6 is 11.3 Å². The summed E-state index contributed by atoms with van der Waals surface area (Å²) in [6, 6.07) is 4.54. The van der Waals surface area contributed by atoms with E-state index in [1.165, 1.54) is 17.4 Å². The maximum atomic E-state index is 12.5. The van der Waals surface area contributed by atoms with Crippen molar-refractivity contribution in [2.45, 2.75) is 37.6 Å². The van der Waals surface area contributed by atoms with E-state index in [1.54, 1.807) is 18.3 Å². The van der Waals surface area contributed by atoms with Gasteiger partial charge >= 0.3 is 0 Å². The van der Waals surface area contributed by atoms with Crippen molar-refractivity contribution in [2.75, 3.05) is 5.73 Å². The Hall–Kier alpha value is -1.44. The van der Waals surface area contributed by atoms with E-state index >= 15 is 0 Å². The number of nitrogens with zero attached hydrogens (tertiary/aromatic N) is 1. The number of benzene rings is 1.